The summed E-state index contributed by atoms with van der Waals surface area (Å²) < 4.78 is 5.13. The molecule has 1 N–H and O–H groups in total. The van der Waals surface area contributed by atoms with Gasteiger partial charge in [0.05, 0.1) is 0 Å². The number of rotatable bonds is 5. The zero-order valence-corrected chi connectivity index (χ0v) is 9.19. The molecule has 1 aromatic rings. The van der Waals surface area contributed by atoms with Crippen LogP contribution in [0.4, 0.5) is 5.13 Å². The highest BCUT2D eigenvalue weighted by Gasteiger charge is 2.06. The number of aromatic nitrogens is 2. The van der Waals surface area contributed by atoms with Crippen molar-refractivity contribution in [3.8, 4) is 0 Å². The van der Waals surface area contributed by atoms with Crippen molar-refractivity contribution < 1.29 is 9.53 Å². The van der Waals surface area contributed by atoms with E-state index in [1.165, 1.54) is 11.3 Å². The van der Waals surface area contributed by atoms with Crippen LogP contribution in [-0.2, 0) is 16.1 Å². The van der Waals surface area contributed by atoms with Crippen LogP contribution in [-0.4, -0.2) is 28.6 Å². The number of carbonyl (C=O) groups excluding carboxylic acids is 1. The number of nitrogens with zero attached hydrogens (tertiary/aromatic N) is 2. The van der Waals surface area contributed by atoms with Gasteiger partial charge in [0, 0.05) is 6.61 Å². The topological polar surface area (TPSA) is 64.1 Å². The molecule has 1 rings (SSSR count). The van der Waals surface area contributed by atoms with Gasteiger partial charge in [0.2, 0.25) is 11.0 Å². The standard InChI is InChI=1S/C7H10ClN3O2S/c1-2-13-4-6-10-11-7(14-6)9-5(12)3-8/h2-4H2,1H3,(H,9,11,12). The Morgan fingerprint density at radius 3 is 3.07 bits per heavy atom. The van der Waals surface area contributed by atoms with Gasteiger partial charge < -0.3 is 4.74 Å². The Kier molecular flexibility index (Phi) is 4.78. The number of carbonyl (C=O) groups is 1. The third kappa shape index (κ3) is 3.57. The first-order valence-electron chi connectivity index (χ1n) is 4.02. The Balaban J connectivity index is 2.46. The Morgan fingerprint density at radius 1 is 1.64 bits per heavy atom. The quantitative estimate of drug-likeness (QED) is 0.781. The zero-order chi connectivity index (χ0) is 10.4. The van der Waals surface area contributed by atoms with Crippen LogP contribution in [0.2, 0.25) is 0 Å². The van der Waals surface area contributed by atoms with E-state index in [0.29, 0.717) is 18.3 Å². The second kappa shape index (κ2) is 5.90. The van der Waals surface area contributed by atoms with Crippen LogP contribution < -0.4 is 5.32 Å². The molecule has 78 valence electrons. The zero-order valence-electron chi connectivity index (χ0n) is 7.62. The first kappa shape index (κ1) is 11.4. The Labute approximate surface area is 90.4 Å². The van der Waals surface area contributed by atoms with Crippen molar-refractivity contribution in [3.05, 3.63) is 5.01 Å². The largest absolute Gasteiger partial charge is 0.374 e. The molecule has 7 heteroatoms. The minimum Gasteiger partial charge on any atom is -0.374 e. The third-order valence-electron chi connectivity index (χ3n) is 1.26. The summed E-state index contributed by atoms with van der Waals surface area (Å²) in [5.74, 6) is -0.369. The second-order valence-electron chi connectivity index (χ2n) is 2.32. The van der Waals surface area contributed by atoms with Crippen LogP contribution in [0, 0.1) is 0 Å². The van der Waals surface area contributed by atoms with Gasteiger partial charge >= 0.3 is 0 Å². The molecular formula is C7H10ClN3O2S. The first-order valence-corrected chi connectivity index (χ1v) is 5.37. The fourth-order valence-electron chi connectivity index (χ4n) is 0.704. The van der Waals surface area contributed by atoms with Crippen LogP contribution in [0.15, 0.2) is 0 Å². The van der Waals surface area contributed by atoms with E-state index >= 15 is 0 Å². The minimum atomic E-state index is -0.286. The van der Waals surface area contributed by atoms with Crippen LogP contribution in [0.25, 0.3) is 0 Å². The average Bonchev–Trinajstić information content (AvgIpc) is 2.62. The monoisotopic (exact) mass is 235 g/mol. The lowest BCUT2D eigenvalue weighted by molar-refractivity contribution is -0.113. The maximum absolute atomic E-state index is 10.9. The molecule has 1 heterocycles. The molecule has 1 aromatic heterocycles. The van der Waals surface area contributed by atoms with Gasteiger partial charge in [-0.2, -0.15) is 0 Å². The SMILES string of the molecule is CCOCc1nnc(NC(=O)CCl)s1. The van der Waals surface area contributed by atoms with Crippen molar-refractivity contribution in [2.24, 2.45) is 0 Å². The van der Waals surface area contributed by atoms with E-state index in [0.717, 1.165) is 5.01 Å². The molecule has 0 aromatic carbocycles. The van der Waals surface area contributed by atoms with Crippen molar-refractivity contribution in [3.63, 3.8) is 0 Å². The number of amides is 1. The lowest BCUT2D eigenvalue weighted by Gasteiger charge is -1.94. The molecule has 0 atom stereocenters. The van der Waals surface area contributed by atoms with Crippen molar-refractivity contribution >= 4 is 34.0 Å². The molecule has 5 nitrogen and oxygen atoms in total. The molecule has 0 saturated heterocycles. The molecule has 0 aliphatic heterocycles. The highest BCUT2D eigenvalue weighted by molar-refractivity contribution is 7.15. The van der Waals surface area contributed by atoms with E-state index in [9.17, 15) is 4.79 Å². The minimum absolute atomic E-state index is 0.0830. The van der Waals surface area contributed by atoms with E-state index < -0.39 is 0 Å². The highest BCUT2D eigenvalue weighted by atomic mass is 35.5. The van der Waals surface area contributed by atoms with E-state index in [1.54, 1.807) is 0 Å². The summed E-state index contributed by atoms with van der Waals surface area (Å²) in [5, 5.41) is 11.3. The Hall–Kier alpha value is -0.720. The number of alkyl halides is 1. The third-order valence-corrected chi connectivity index (χ3v) is 2.32. The number of hydrogen-bond acceptors (Lipinski definition) is 5. The molecule has 1 amide bonds. The molecule has 14 heavy (non-hydrogen) atoms. The Morgan fingerprint density at radius 2 is 2.43 bits per heavy atom. The molecule has 0 aliphatic carbocycles. The fraction of sp³-hybridized carbons (Fsp3) is 0.571. The average molecular weight is 236 g/mol. The van der Waals surface area contributed by atoms with Crippen LogP contribution in [0.5, 0.6) is 0 Å². The molecule has 0 fully saturated rings. The van der Waals surface area contributed by atoms with Gasteiger partial charge in [-0.05, 0) is 6.92 Å². The van der Waals surface area contributed by atoms with Gasteiger partial charge in [-0.1, -0.05) is 11.3 Å². The normalized spacial score (nSPS) is 10.1. The molecule has 0 bridgehead atoms. The van der Waals surface area contributed by atoms with E-state index in [4.69, 9.17) is 16.3 Å². The van der Waals surface area contributed by atoms with Gasteiger partial charge in [0.1, 0.15) is 17.5 Å². The second-order valence-corrected chi connectivity index (χ2v) is 3.65. The van der Waals surface area contributed by atoms with Gasteiger partial charge in [0.25, 0.3) is 0 Å². The van der Waals surface area contributed by atoms with Crippen molar-refractivity contribution in [1.82, 2.24) is 10.2 Å². The molecule has 0 aliphatic rings. The van der Waals surface area contributed by atoms with E-state index in [-0.39, 0.29) is 11.8 Å². The summed E-state index contributed by atoms with van der Waals surface area (Å²) in [6.07, 6.45) is 0. The van der Waals surface area contributed by atoms with Crippen LogP contribution >= 0.6 is 22.9 Å². The van der Waals surface area contributed by atoms with Crippen molar-refractivity contribution in [1.29, 1.82) is 0 Å². The number of hydrogen-bond donors (Lipinski definition) is 1. The molecular weight excluding hydrogens is 226 g/mol. The molecule has 0 radical (unpaired) electrons. The summed E-state index contributed by atoms with van der Waals surface area (Å²) in [4.78, 5) is 10.9. The predicted molar refractivity (Wildman–Crippen MR) is 54.6 cm³/mol. The van der Waals surface area contributed by atoms with Gasteiger partial charge in [-0.3, -0.25) is 10.1 Å². The molecule has 0 spiro atoms. The number of nitrogens with one attached hydrogen (secondary N) is 1. The predicted octanol–water partition coefficient (Wildman–Crippen LogP) is 1.25. The number of halogens is 1. The summed E-state index contributed by atoms with van der Waals surface area (Å²) in [5.41, 5.74) is 0. The maximum Gasteiger partial charge on any atom is 0.241 e. The summed E-state index contributed by atoms with van der Waals surface area (Å²) in [6.45, 7) is 2.95. The van der Waals surface area contributed by atoms with Crippen LogP contribution in [0.1, 0.15) is 11.9 Å². The Bertz CT molecular complexity index is 305. The van der Waals surface area contributed by atoms with Crippen LogP contribution in [0.3, 0.4) is 0 Å². The lowest BCUT2D eigenvalue weighted by atomic mass is 10.7. The van der Waals surface area contributed by atoms with E-state index in [2.05, 4.69) is 15.5 Å². The smallest absolute Gasteiger partial charge is 0.241 e. The lowest BCUT2D eigenvalue weighted by Crippen LogP contribution is -2.12. The molecule has 0 saturated carbocycles. The van der Waals surface area contributed by atoms with E-state index in [1.807, 2.05) is 6.92 Å². The van der Waals surface area contributed by atoms with Gasteiger partial charge in [-0.25, -0.2) is 0 Å². The molecule has 0 unspecified atom stereocenters. The summed E-state index contributed by atoms with van der Waals surface area (Å²) in [6, 6.07) is 0. The number of anilines is 1. The fourth-order valence-corrected chi connectivity index (χ4v) is 1.46. The van der Waals surface area contributed by atoms with Crippen molar-refractivity contribution in [2.45, 2.75) is 13.5 Å². The first-order chi connectivity index (χ1) is 6.76. The summed E-state index contributed by atoms with van der Waals surface area (Å²) >= 11 is 6.59. The maximum atomic E-state index is 10.9. The highest BCUT2D eigenvalue weighted by Crippen LogP contribution is 2.15. The van der Waals surface area contributed by atoms with Gasteiger partial charge in [0.15, 0.2) is 0 Å². The number of ether oxygens (including phenoxy) is 1. The van der Waals surface area contributed by atoms with Crippen molar-refractivity contribution in [2.75, 3.05) is 17.8 Å². The summed E-state index contributed by atoms with van der Waals surface area (Å²) in [7, 11) is 0. The van der Waals surface area contributed by atoms with Gasteiger partial charge in [-0.15, -0.1) is 21.8 Å².